The predicted molar refractivity (Wildman–Crippen MR) is 137 cm³/mol. The van der Waals surface area contributed by atoms with Gasteiger partial charge in [-0.05, 0) is 42.0 Å². The zero-order valence-corrected chi connectivity index (χ0v) is 20.4. The number of nitrogens with one attached hydrogen (secondary N) is 1. The molecule has 0 saturated heterocycles. The lowest BCUT2D eigenvalue weighted by atomic mass is 10.2. The number of hydrogen-bond acceptors (Lipinski definition) is 6. The summed E-state index contributed by atoms with van der Waals surface area (Å²) in [7, 11) is 1.97. The minimum atomic E-state index is -3.63. The summed E-state index contributed by atoms with van der Waals surface area (Å²) in [6, 6.07) is 24.6. The van der Waals surface area contributed by atoms with Gasteiger partial charge in [-0.15, -0.1) is 11.3 Å². The smallest absolute Gasteiger partial charge is 0.243 e. The third-order valence-corrected chi connectivity index (χ3v) is 7.78. The van der Waals surface area contributed by atoms with Crippen LogP contribution in [0.25, 0.3) is 11.3 Å². The molecular weight excluding hydrogens is 452 g/mol. The van der Waals surface area contributed by atoms with Crippen molar-refractivity contribution < 1.29 is 8.42 Å². The number of thiazole rings is 1. The maximum atomic E-state index is 13.1. The maximum Gasteiger partial charge on any atom is 0.243 e. The van der Waals surface area contributed by atoms with Crippen molar-refractivity contribution in [1.29, 1.82) is 0 Å². The van der Waals surface area contributed by atoms with Crippen LogP contribution >= 0.6 is 11.3 Å². The van der Waals surface area contributed by atoms with Gasteiger partial charge in [0, 0.05) is 50.0 Å². The summed E-state index contributed by atoms with van der Waals surface area (Å²) in [6.07, 6.45) is 0. The average Bonchev–Trinajstić information content (AvgIpc) is 3.28. The fourth-order valence-corrected chi connectivity index (χ4v) is 5.30. The van der Waals surface area contributed by atoms with Gasteiger partial charge in [-0.1, -0.05) is 42.5 Å². The molecule has 0 amide bonds. The molecule has 0 aliphatic carbocycles. The number of aromatic nitrogens is 1. The highest BCUT2D eigenvalue weighted by atomic mass is 32.2. The molecular formula is C25H26N4O2S2. The predicted octanol–water partition coefficient (Wildman–Crippen LogP) is 5.44. The molecule has 0 aliphatic rings. The number of rotatable bonds is 8. The summed E-state index contributed by atoms with van der Waals surface area (Å²) in [5.41, 5.74) is 4.50. The number of nitrogens with zero attached hydrogens (tertiary/aromatic N) is 3. The van der Waals surface area contributed by atoms with Crippen LogP contribution in [0.5, 0.6) is 0 Å². The molecule has 8 heteroatoms. The van der Waals surface area contributed by atoms with E-state index in [9.17, 15) is 8.42 Å². The van der Waals surface area contributed by atoms with Crippen LogP contribution in [-0.4, -0.2) is 38.9 Å². The first-order valence-corrected chi connectivity index (χ1v) is 12.8. The van der Waals surface area contributed by atoms with E-state index in [1.807, 2.05) is 85.0 Å². The van der Waals surface area contributed by atoms with Gasteiger partial charge in [0.2, 0.25) is 10.0 Å². The molecule has 6 nitrogen and oxygen atoms in total. The van der Waals surface area contributed by atoms with E-state index in [1.165, 1.54) is 15.6 Å². The Morgan fingerprint density at radius 2 is 1.64 bits per heavy atom. The first-order chi connectivity index (χ1) is 15.8. The van der Waals surface area contributed by atoms with Crippen LogP contribution < -0.4 is 10.2 Å². The van der Waals surface area contributed by atoms with Crippen molar-refractivity contribution in [1.82, 2.24) is 9.29 Å². The Balaban J connectivity index is 1.51. The Morgan fingerprint density at radius 1 is 0.909 bits per heavy atom. The summed E-state index contributed by atoms with van der Waals surface area (Å²) in [6.45, 7) is 0.310. The topological polar surface area (TPSA) is 65.5 Å². The van der Waals surface area contributed by atoms with E-state index in [4.69, 9.17) is 0 Å². The number of sulfonamides is 1. The summed E-state index contributed by atoms with van der Waals surface area (Å²) in [5.74, 6) is 0. The van der Waals surface area contributed by atoms with Crippen LogP contribution in [0.1, 0.15) is 5.56 Å². The zero-order chi connectivity index (χ0) is 23.4. The molecule has 0 fully saturated rings. The fraction of sp³-hybridized carbons (Fsp3) is 0.160. The van der Waals surface area contributed by atoms with E-state index in [0.717, 1.165) is 33.3 Å². The lowest BCUT2D eigenvalue weighted by Crippen LogP contribution is -2.26. The van der Waals surface area contributed by atoms with Crippen molar-refractivity contribution in [3.63, 3.8) is 0 Å². The van der Waals surface area contributed by atoms with Crippen LogP contribution in [0.4, 0.5) is 16.5 Å². The average molecular weight is 479 g/mol. The molecule has 170 valence electrons. The lowest BCUT2D eigenvalue weighted by molar-refractivity contribution is 0.467. The Bertz CT molecular complexity index is 1320. The Kier molecular flexibility index (Phi) is 6.78. The number of hydrogen-bond donors (Lipinski definition) is 1. The van der Waals surface area contributed by atoms with Gasteiger partial charge >= 0.3 is 0 Å². The fourth-order valence-electron chi connectivity index (χ4n) is 3.35. The summed E-state index contributed by atoms with van der Waals surface area (Å²) in [4.78, 5) is 6.95. The minimum absolute atomic E-state index is 0.250. The normalized spacial score (nSPS) is 11.5. The molecule has 0 atom stereocenters. The molecule has 0 bridgehead atoms. The molecule has 4 aromatic rings. The molecule has 1 heterocycles. The summed E-state index contributed by atoms with van der Waals surface area (Å²) >= 11 is 1.48. The highest BCUT2D eigenvalue weighted by Gasteiger charge is 2.21. The van der Waals surface area contributed by atoms with E-state index < -0.39 is 10.0 Å². The SMILES string of the molecule is CN(C)c1ccc(Nc2nc(-c3cccc(S(=O)(=O)N(C)Cc4ccccc4)c3)cs2)cc1. The highest BCUT2D eigenvalue weighted by Crippen LogP contribution is 2.29. The van der Waals surface area contributed by atoms with Gasteiger partial charge in [-0.25, -0.2) is 13.4 Å². The second-order valence-corrected chi connectivity index (χ2v) is 10.8. The molecule has 4 rings (SSSR count). The van der Waals surface area contributed by atoms with Gasteiger partial charge < -0.3 is 10.2 Å². The quantitative estimate of drug-likeness (QED) is 0.365. The van der Waals surface area contributed by atoms with E-state index in [0.29, 0.717) is 6.54 Å². The van der Waals surface area contributed by atoms with Crippen LogP contribution in [-0.2, 0) is 16.6 Å². The molecule has 0 unspecified atom stereocenters. The van der Waals surface area contributed by atoms with E-state index in [1.54, 1.807) is 25.2 Å². The van der Waals surface area contributed by atoms with Crippen LogP contribution in [0.2, 0.25) is 0 Å². The molecule has 1 aromatic heterocycles. The van der Waals surface area contributed by atoms with Gasteiger partial charge in [0.25, 0.3) is 0 Å². The third kappa shape index (κ3) is 5.42. The van der Waals surface area contributed by atoms with Gasteiger partial charge in [0.15, 0.2) is 5.13 Å². The van der Waals surface area contributed by atoms with Crippen molar-refractivity contribution >= 4 is 37.9 Å². The summed E-state index contributed by atoms with van der Waals surface area (Å²) in [5, 5.41) is 5.99. The van der Waals surface area contributed by atoms with Gasteiger partial charge in [-0.2, -0.15) is 4.31 Å². The van der Waals surface area contributed by atoms with Gasteiger partial charge in [0.1, 0.15) is 0 Å². The van der Waals surface area contributed by atoms with E-state index in [2.05, 4.69) is 10.3 Å². The van der Waals surface area contributed by atoms with Crippen LogP contribution in [0, 0.1) is 0 Å². The summed E-state index contributed by atoms with van der Waals surface area (Å²) < 4.78 is 27.6. The first-order valence-electron chi connectivity index (χ1n) is 10.4. The Labute approximate surface area is 199 Å². The van der Waals surface area contributed by atoms with Gasteiger partial charge in [-0.3, -0.25) is 0 Å². The van der Waals surface area contributed by atoms with Crippen molar-refractivity contribution in [2.75, 3.05) is 31.4 Å². The van der Waals surface area contributed by atoms with E-state index in [-0.39, 0.29) is 4.90 Å². The second-order valence-electron chi connectivity index (χ2n) is 7.88. The second kappa shape index (κ2) is 9.74. The van der Waals surface area contributed by atoms with Crippen molar-refractivity contribution in [2.24, 2.45) is 0 Å². The molecule has 0 saturated carbocycles. The van der Waals surface area contributed by atoms with Crippen LogP contribution in [0.15, 0.2) is 89.1 Å². The molecule has 1 N–H and O–H groups in total. The lowest BCUT2D eigenvalue weighted by Gasteiger charge is -2.17. The number of anilines is 3. The third-order valence-electron chi connectivity index (χ3n) is 5.23. The Morgan fingerprint density at radius 3 is 2.33 bits per heavy atom. The molecule has 33 heavy (non-hydrogen) atoms. The van der Waals surface area contributed by atoms with E-state index >= 15 is 0 Å². The largest absolute Gasteiger partial charge is 0.378 e. The Hall–Kier alpha value is -3.20. The van der Waals surface area contributed by atoms with Crippen molar-refractivity contribution in [2.45, 2.75) is 11.4 Å². The molecule has 3 aromatic carbocycles. The van der Waals surface area contributed by atoms with Gasteiger partial charge in [0.05, 0.1) is 10.6 Å². The maximum absolute atomic E-state index is 13.1. The molecule has 0 spiro atoms. The molecule has 0 radical (unpaired) electrons. The monoisotopic (exact) mass is 478 g/mol. The first kappa shape index (κ1) is 23.0. The zero-order valence-electron chi connectivity index (χ0n) is 18.8. The number of benzene rings is 3. The highest BCUT2D eigenvalue weighted by molar-refractivity contribution is 7.89. The van der Waals surface area contributed by atoms with Crippen molar-refractivity contribution in [3.05, 3.63) is 89.8 Å². The van der Waals surface area contributed by atoms with Crippen molar-refractivity contribution in [3.8, 4) is 11.3 Å². The molecule has 0 aliphatic heterocycles. The minimum Gasteiger partial charge on any atom is -0.378 e. The standard InChI is InChI=1S/C25H26N4O2S2/c1-28(2)22-14-12-21(13-15-22)26-25-27-24(18-32-25)20-10-7-11-23(16-20)33(30,31)29(3)17-19-8-5-4-6-9-19/h4-16,18H,17H2,1-3H3,(H,26,27). The van der Waals surface area contributed by atoms with Crippen LogP contribution in [0.3, 0.4) is 0 Å².